The molecule has 2 aromatic rings. The van der Waals surface area contributed by atoms with E-state index in [2.05, 4.69) is 5.32 Å². The molecule has 2 aliphatic rings. The monoisotopic (exact) mass is 524 g/mol. The molecule has 3 unspecified atom stereocenters. The molecular formula is C28H33ClN4O4. The molecule has 0 aliphatic carbocycles. The van der Waals surface area contributed by atoms with E-state index in [1.165, 1.54) is 0 Å². The summed E-state index contributed by atoms with van der Waals surface area (Å²) < 4.78 is 0. The number of carbonyl (C=O) groups is 4. The van der Waals surface area contributed by atoms with E-state index in [0.29, 0.717) is 35.5 Å². The summed E-state index contributed by atoms with van der Waals surface area (Å²) in [5.74, 6) is -0.921. The Labute approximate surface area is 222 Å². The lowest BCUT2D eigenvalue weighted by Gasteiger charge is -2.29. The normalized spacial score (nSPS) is 19.7. The number of carbonyl (C=O) groups excluding carboxylic acids is 4. The number of nitrogens with one attached hydrogen (secondary N) is 1. The molecule has 4 rings (SSSR count). The van der Waals surface area contributed by atoms with Crippen molar-refractivity contribution < 1.29 is 19.2 Å². The fourth-order valence-electron chi connectivity index (χ4n) is 5.17. The topological polar surface area (TPSA) is 90.0 Å². The molecule has 2 fully saturated rings. The van der Waals surface area contributed by atoms with Crippen LogP contribution in [0.4, 0.5) is 5.69 Å². The molecule has 9 heteroatoms. The Morgan fingerprint density at radius 2 is 1.76 bits per heavy atom. The van der Waals surface area contributed by atoms with Crippen molar-refractivity contribution in [1.82, 2.24) is 15.1 Å². The van der Waals surface area contributed by atoms with E-state index in [9.17, 15) is 19.2 Å². The van der Waals surface area contributed by atoms with Crippen LogP contribution in [0.1, 0.15) is 47.4 Å². The van der Waals surface area contributed by atoms with Crippen LogP contribution in [0.25, 0.3) is 0 Å². The molecule has 0 bridgehead atoms. The molecule has 3 amide bonds. The van der Waals surface area contributed by atoms with Gasteiger partial charge in [0.2, 0.25) is 5.91 Å². The van der Waals surface area contributed by atoms with Crippen molar-refractivity contribution in [2.75, 3.05) is 32.1 Å². The number of hydrogen-bond donors (Lipinski definition) is 1. The standard InChI is InChI=1S/C28H33ClN4O4/c1-17(2)14-22(30-26(35)18-8-10-21(11-9-18)31(3)4)28(37)32-13-12-23-25(32)24(34)16-33(23)27(36)19-6-5-7-20(29)15-19/h5-11,15,17,22-23,25H,12-14,16H2,1-4H3,(H,30,35). The maximum atomic E-state index is 13.7. The van der Waals surface area contributed by atoms with Gasteiger partial charge in [0.25, 0.3) is 11.8 Å². The molecule has 2 aliphatic heterocycles. The molecule has 2 saturated heterocycles. The van der Waals surface area contributed by atoms with E-state index in [-0.39, 0.29) is 36.0 Å². The third kappa shape index (κ3) is 5.64. The molecule has 1 N–H and O–H groups in total. The smallest absolute Gasteiger partial charge is 0.254 e. The zero-order valence-corrected chi connectivity index (χ0v) is 22.4. The average molecular weight is 525 g/mol. The molecule has 3 atom stereocenters. The first-order valence-corrected chi connectivity index (χ1v) is 12.9. The van der Waals surface area contributed by atoms with Crippen molar-refractivity contribution in [3.05, 3.63) is 64.7 Å². The minimum atomic E-state index is -0.773. The highest BCUT2D eigenvalue weighted by atomic mass is 35.5. The first-order valence-electron chi connectivity index (χ1n) is 12.5. The lowest BCUT2D eigenvalue weighted by Crippen LogP contribution is -2.53. The Morgan fingerprint density at radius 3 is 2.38 bits per heavy atom. The summed E-state index contributed by atoms with van der Waals surface area (Å²) in [6.07, 6.45) is 0.941. The van der Waals surface area contributed by atoms with Gasteiger partial charge in [0.05, 0.1) is 12.6 Å². The van der Waals surface area contributed by atoms with E-state index in [0.717, 1.165) is 5.69 Å². The number of nitrogens with zero attached hydrogens (tertiary/aromatic N) is 3. The van der Waals surface area contributed by atoms with Crippen LogP contribution in [0.2, 0.25) is 5.02 Å². The first-order chi connectivity index (χ1) is 17.6. The number of benzene rings is 2. The van der Waals surface area contributed by atoms with Crippen molar-refractivity contribution in [2.45, 2.75) is 44.8 Å². The summed E-state index contributed by atoms with van der Waals surface area (Å²) in [4.78, 5) is 58.0. The van der Waals surface area contributed by atoms with Crippen molar-refractivity contribution in [1.29, 1.82) is 0 Å². The van der Waals surface area contributed by atoms with Gasteiger partial charge in [0, 0.05) is 42.5 Å². The lowest BCUT2D eigenvalue weighted by atomic mass is 10.0. The number of hydrogen-bond acceptors (Lipinski definition) is 5. The van der Waals surface area contributed by atoms with Gasteiger partial charge in [0.15, 0.2) is 5.78 Å². The van der Waals surface area contributed by atoms with E-state index >= 15 is 0 Å². The predicted molar refractivity (Wildman–Crippen MR) is 143 cm³/mol. The highest BCUT2D eigenvalue weighted by molar-refractivity contribution is 6.31. The summed E-state index contributed by atoms with van der Waals surface area (Å²) >= 11 is 6.06. The van der Waals surface area contributed by atoms with Gasteiger partial charge >= 0.3 is 0 Å². The number of amides is 3. The second-order valence-electron chi connectivity index (χ2n) is 10.3. The minimum absolute atomic E-state index is 0.0517. The van der Waals surface area contributed by atoms with Crippen LogP contribution in [-0.4, -0.2) is 78.6 Å². The van der Waals surface area contributed by atoms with Crippen LogP contribution in [0.3, 0.4) is 0 Å². The van der Waals surface area contributed by atoms with Crippen molar-refractivity contribution >= 4 is 40.8 Å². The van der Waals surface area contributed by atoms with Crippen LogP contribution in [0.5, 0.6) is 0 Å². The van der Waals surface area contributed by atoms with Gasteiger partial charge in [-0.3, -0.25) is 19.2 Å². The van der Waals surface area contributed by atoms with Gasteiger partial charge in [0.1, 0.15) is 12.1 Å². The number of anilines is 1. The zero-order chi connectivity index (χ0) is 26.9. The van der Waals surface area contributed by atoms with Crippen LogP contribution < -0.4 is 10.2 Å². The number of rotatable bonds is 7. The van der Waals surface area contributed by atoms with Gasteiger partial charge in [-0.15, -0.1) is 0 Å². The molecule has 0 saturated carbocycles. The molecule has 0 radical (unpaired) electrons. The Morgan fingerprint density at radius 1 is 1.05 bits per heavy atom. The molecule has 0 aromatic heterocycles. The SMILES string of the molecule is CC(C)CC(NC(=O)c1ccc(N(C)C)cc1)C(=O)N1CCC2C1C(=O)CN2C(=O)c1cccc(Cl)c1. The Bertz CT molecular complexity index is 1200. The third-order valence-corrected chi connectivity index (χ3v) is 7.23. The average Bonchev–Trinajstić information content (AvgIpc) is 3.43. The van der Waals surface area contributed by atoms with Crippen molar-refractivity contribution in [3.63, 3.8) is 0 Å². The maximum absolute atomic E-state index is 13.7. The Balaban J connectivity index is 1.50. The van der Waals surface area contributed by atoms with Gasteiger partial charge in [-0.05, 0) is 61.2 Å². The summed E-state index contributed by atoms with van der Waals surface area (Å²) in [6, 6.07) is 11.9. The number of Topliss-reactive ketones (excluding diaryl/α,β-unsaturated/α-hetero) is 1. The minimum Gasteiger partial charge on any atom is -0.378 e. The van der Waals surface area contributed by atoms with E-state index in [1.807, 2.05) is 45.0 Å². The summed E-state index contributed by atoms with van der Waals surface area (Å²) in [5, 5.41) is 3.34. The molecule has 8 nitrogen and oxygen atoms in total. The first kappa shape index (κ1) is 26.7. The lowest BCUT2D eigenvalue weighted by molar-refractivity contribution is -0.138. The number of fused-ring (bicyclic) bond motifs is 1. The molecule has 2 heterocycles. The quantitative estimate of drug-likeness (QED) is 0.600. The fourth-order valence-corrected chi connectivity index (χ4v) is 5.36. The van der Waals surface area contributed by atoms with Crippen molar-refractivity contribution in [2.24, 2.45) is 5.92 Å². The highest BCUT2D eigenvalue weighted by Crippen LogP contribution is 2.32. The Hall–Kier alpha value is -3.39. The van der Waals surface area contributed by atoms with E-state index < -0.39 is 18.1 Å². The van der Waals surface area contributed by atoms with Crippen LogP contribution in [0, 0.1) is 5.92 Å². The third-order valence-electron chi connectivity index (χ3n) is 6.99. The predicted octanol–water partition coefficient (Wildman–Crippen LogP) is 3.25. The van der Waals surface area contributed by atoms with Crippen LogP contribution in [0.15, 0.2) is 48.5 Å². The molecular weight excluding hydrogens is 492 g/mol. The number of ketones is 1. The van der Waals surface area contributed by atoms with Gasteiger partial charge in [-0.2, -0.15) is 0 Å². The van der Waals surface area contributed by atoms with Gasteiger partial charge in [-0.1, -0.05) is 31.5 Å². The highest BCUT2D eigenvalue weighted by Gasteiger charge is 2.52. The van der Waals surface area contributed by atoms with Crippen LogP contribution in [-0.2, 0) is 9.59 Å². The summed E-state index contributed by atoms with van der Waals surface area (Å²) in [6.45, 7) is 4.26. The number of likely N-dealkylation sites (tertiary alicyclic amines) is 2. The molecule has 2 aromatic carbocycles. The second kappa shape index (κ2) is 10.9. The zero-order valence-electron chi connectivity index (χ0n) is 21.6. The number of halogens is 1. The summed E-state index contributed by atoms with van der Waals surface area (Å²) in [5.41, 5.74) is 1.84. The Kier molecular flexibility index (Phi) is 7.87. The molecule has 196 valence electrons. The maximum Gasteiger partial charge on any atom is 0.254 e. The van der Waals surface area contributed by atoms with Crippen molar-refractivity contribution in [3.8, 4) is 0 Å². The van der Waals surface area contributed by atoms with Gasteiger partial charge < -0.3 is 20.0 Å². The molecule has 37 heavy (non-hydrogen) atoms. The van der Waals surface area contributed by atoms with Crippen LogP contribution >= 0.6 is 11.6 Å². The largest absolute Gasteiger partial charge is 0.378 e. The van der Waals surface area contributed by atoms with Gasteiger partial charge in [-0.25, -0.2) is 0 Å². The second-order valence-corrected chi connectivity index (χ2v) is 10.8. The fraction of sp³-hybridized carbons (Fsp3) is 0.429. The summed E-state index contributed by atoms with van der Waals surface area (Å²) in [7, 11) is 3.84. The van der Waals surface area contributed by atoms with E-state index in [4.69, 9.17) is 11.6 Å². The molecule has 0 spiro atoms. The van der Waals surface area contributed by atoms with E-state index in [1.54, 1.807) is 46.2 Å².